The van der Waals surface area contributed by atoms with E-state index in [0.29, 0.717) is 5.82 Å². The Morgan fingerprint density at radius 3 is 1.65 bits per heavy atom. The molecule has 55 heavy (non-hydrogen) atoms. The molecule has 0 bridgehead atoms. The fourth-order valence-corrected chi connectivity index (χ4v) is 8.03. The van der Waals surface area contributed by atoms with Crippen LogP contribution in [-0.2, 0) is 0 Å². The number of rotatable bonds is 6. The Hall–Kier alpha value is -7.30. The van der Waals surface area contributed by atoms with Crippen LogP contribution in [0.15, 0.2) is 195 Å². The van der Waals surface area contributed by atoms with E-state index in [1.165, 1.54) is 38.6 Å². The minimum absolute atomic E-state index is 0.0828. The van der Waals surface area contributed by atoms with Gasteiger partial charge in [0.25, 0.3) is 0 Å². The molecule has 0 saturated carbocycles. The minimum atomic E-state index is 0.0828. The van der Waals surface area contributed by atoms with Crippen LogP contribution in [-0.4, -0.2) is 19.9 Å². The second-order valence-corrected chi connectivity index (χ2v) is 13.9. The number of pyridine rings is 2. The van der Waals surface area contributed by atoms with Crippen molar-refractivity contribution in [1.29, 1.82) is 0 Å². The summed E-state index contributed by atoms with van der Waals surface area (Å²) in [6.07, 6.45) is 9.59. The average molecular weight is 703 g/mol. The van der Waals surface area contributed by atoms with Gasteiger partial charge in [-0.25, -0.2) is 9.97 Å². The van der Waals surface area contributed by atoms with Gasteiger partial charge >= 0.3 is 0 Å². The monoisotopic (exact) mass is 702 g/mol. The summed E-state index contributed by atoms with van der Waals surface area (Å²) in [5.41, 5.74) is 14.2. The molecule has 1 unspecified atom stereocenters. The molecule has 258 valence electrons. The van der Waals surface area contributed by atoms with Crippen LogP contribution in [0.25, 0.3) is 77.7 Å². The SMILES string of the molecule is C=C1c2ccc3ccccc3c2C(c2ccc(-c3ccc(-c4nc(-c5ccncc5)cc(-c5ccncc5)n4)c4ccccc34)cc2)=CC1c1ccccc1. The molecule has 10 rings (SSSR count). The quantitative estimate of drug-likeness (QED) is 0.173. The number of benzene rings is 6. The summed E-state index contributed by atoms with van der Waals surface area (Å²) in [7, 11) is 0. The lowest BCUT2D eigenvalue weighted by atomic mass is 9.75. The number of nitrogens with zero attached hydrogens (tertiary/aromatic N) is 4. The summed E-state index contributed by atoms with van der Waals surface area (Å²) in [6.45, 7) is 4.64. The summed E-state index contributed by atoms with van der Waals surface area (Å²) in [6, 6.07) is 55.8. The zero-order valence-electron chi connectivity index (χ0n) is 30.0. The van der Waals surface area contributed by atoms with Crippen LogP contribution in [0.3, 0.4) is 0 Å². The standard InChI is InChI=1S/C51H34N4/c1-33-40-20-19-35-11-5-6-12-42(35)50(40)47(31-46(33)34-9-3-2-4-10-34)37-17-15-36(16-18-37)41-21-22-45(44-14-8-7-13-43(41)44)51-54-48(38-23-27-52-28-24-38)32-49(55-51)39-25-29-53-30-26-39/h2-32,46H,1H2. The lowest BCUT2D eigenvalue weighted by Gasteiger charge is -2.29. The number of fused-ring (bicyclic) bond motifs is 4. The Morgan fingerprint density at radius 1 is 0.436 bits per heavy atom. The summed E-state index contributed by atoms with van der Waals surface area (Å²) in [5.74, 6) is 0.753. The molecule has 0 saturated heterocycles. The molecular weight excluding hydrogens is 669 g/mol. The van der Waals surface area contributed by atoms with Gasteiger partial charge in [-0.15, -0.1) is 0 Å². The van der Waals surface area contributed by atoms with Crippen molar-refractivity contribution in [1.82, 2.24) is 19.9 Å². The van der Waals surface area contributed by atoms with Crippen molar-refractivity contribution in [2.24, 2.45) is 0 Å². The Morgan fingerprint density at radius 2 is 0.982 bits per heavy atom. The first-order valence-corrected chi connectivity index (χ1v) is 18.5. The number of allylic oxidation sites excluding steroid dienone is 2. The molecule has 0 aliphatic heterocycles. The first-order valence-electron chi connectivity index (χ1n) is 18.5. The van der Waals surface area contributed by atoms with Crippen molar-refractivity contribution in [3.63, 3.8) is 0 Å². The van der Waals surface area contributed by atoms with Gasteiger partial charge < -0.3 is 0 Å². The summed E-state index contributed by atoms with van der Waals surface area (Å²) >= 11 is 0. The van der Waals surface area contributed by atoms with Gasteiger partial charge in [0.2, 0.25) is 0 Å². The molecule has 0 amide bonds. The fourth-order valence-electron chi connectivity index (χ4n) is 8.03. The van der Waals surface area contributed by atoms with Crippen molar-refractivity contribution in [3.8, 4) is 45.0 Å². The van der Waals surface area contributed by atoms with Crippen molar-refractivity contribution < 1.29 is 0 Å². The van der Waals surface area contributed by atoms with Crippen LogP contribution in [0, 0.1) is 0 Å². The third kappa shape index (κ3) is 5.81. The predicted octanol–water partition coefficient (Wildman–Crippen LogP) is 12.5. The Kier molecular flexibility index (Phi) is 8.00. The zero-order chi connectivity index (χ0) is 36.7. The van der Waals surface area contributed by atoms with Crippen LogP contribution in [0.5, 0.6) is 0 Å². The van der Waals surface area contributed by atoms with Gasteiger partial charge in [-0.3, -0.25) is 9.97 Å². The molecule has 4 heteroatoms. The smallest absolute Gasteiger partial charge is 0.161 e. The van der Waals surface area contributed by atoms with Gasteiger partial charge in [-0.2, -0.15) is 0 Å². The maximum Gasteiger partial charge on any atom is 0.161 e. The predicted molar refractivity (Wildman–Crippen MR) is 226 cm³/mol. The third-order valence-corrected chi connectivity index (χ3v) is 10.8. The van der Waals surface area contributed by atoms with Crippen LogP contribution >= 0.6 is 0 Å². The Bertz CT molecular complexity index is 2860. The van der Waals surface area contributed by atoms with Gasteiger partial charge in [0, 0.05) is 47.4 Å². The lowest BCUT2D eigenvalue weighted by Crippen LogP contribution is -2.09. The summed E-state index contributed by atoms with van der Waals surface area (Å²) in [5, 5.41) is 4.71. The molecule has 0 N–H and O–H groups in total. The van der Waals surface area contributed by atoms with Gasteiger partial charge in [-0.1, -0.05) is 134 Å². The zero-order valence-corrected chi connectivity index (χ0v) is 30.0. The van der Waals surface area contributed by atoms with Crippen LogP contribution < -0.4 is 0 Å². The van der Waals surface area contributed by atoms with E-state index in [1.807, 2.05) is 30.3 Å². The van der Waals surface area contributed by atoms with Gasteiger partial charge in [0.1, 0.15) is 0 Å². The average Bonchev–Trinajstić information content (AvgIpc) is 3.27. The van der Waals surface area contributed by atoms with Crippen molar-refractivity contribution in [2.45, 2.75) is 5.92 Å². The van der Waals surface area contributed by atoms with Gasteiger partial charge in [-0.05, 0) is 102 Å². The molecule has 1 atom stereocenters. The van der Waals surface area contributed by atoms with E-state index in [1.54, 1.807) is 24.8 Å². The van der Waals surface area contributed by atoms with E-state index < -0.39 is 0 Å². The van der Waals surface area contributed by atoms with E-state index in [0.717, 1.165) is 55.6 Å². The molecule has 1 aliphatic carbocycles. The molecule has 9 aromatic rings. The topological polar surface area (TPSA) is 51.6 Å². The Balaban J connectivity index is 1.09. The second kappa shape index (κ2) is 13.6. The van der Waals surface area contributed by atoms with Crippen molar-refractivity contribution >= 4 is 32.7 Å². The highest BCUT2D eigenvalue weighted by Gasteiger charge is 2.27. The summed E-state index contributed by atoms with van der Waals surface area (Å²) in [4.78, 5) is 18.7. The molecule has 1 aliphatic rings. The van der Waals surface area contributed by atoms with E-state index in [-0.39, 0.29) is 5.92 Å². The van der Waals surface area contributed by atoms with Crippen LogP contribution in [0.1, 0.15) is 28.2 Å². The van der Waals surface area contributed by atoms with Gasteiger partial charge in [0.15, 0.2) is 5.82 Å². The van der Waals surface area contributed by atoms with Crippen LogP contribution in [0.2, 0.25) is 0 Å². The maximum absolute atomic E-state index is 5.12. The largest absolute Gasteiger partial charge is 0.265 e. The molecule has 3 heterocycles. The maximum atomic E-state index is 5.12. The van der Waals surface area contributed by atoms with Crippen molar-refractivity contribution in [3.05, 3.63) is 217 Å². The van der Waals surface area contributed by atoms with E-state index >= 15 is 0 Å². The summed E-state index contributed by atoms with van der Waals surface area (Å²) < 4.78 is 0. The third-order valence-electron chi connectivity index (χ3n) is 10.8. The first kappa shape index (κ1) is 32.4. The molecular formula is C51H34N4. The van der Waals surface area contributed by atoms with Crippen molar-refractivity contribution in [2.75, 3.05) is 0 Å². The number of hydrogen-bond acceptors (Lipinski definition) is 4. The van der Waals surface area contributed by atoms with E-state index in [2.05, 4.69) is 150 Å². The lowest BCUT2D eigenvalue weighted by molar-refractivity contribution is 1.09. The molecule has 6 aromatic carbocycles. The van der Waals surface area contributed by atoms with Gasteiger partial charge in [0.05, 0.1) is 11.4 Å². The highest BCUT2D eigenvalue weighted by molar-refractivity contribution is 6.07. The Labute approximate surface area is 319 Å². The molecule has 0 radical (unpaired) electrons. The van der Waals surface area contributed by atoms with Crippen LogP contribution in [0.4, 0.5) is 0 Å². The molecule has 4 nitrogen and oxygen atoms in total. The minimum Gasteiger partial charge on any atom is -0.265 e. The fraction of sp³-hybridized carbons (Fsp3) is 0.0196. The first-order chi connectivity index (χ1) is 27.2. The number of aromatic nitrogens is 4. The molecule has 0 spiro atoms. The highest BCUT2D eigenvalue weighted by atomic mass is 14.9. The molecule has 3 aromatic heterocycles. The molecule has 0 fully saturated rings. The normalized spacial score (nSPS) is 13.8. The second-order valence-electron chi connectivity index (χ2n) is 13.9. The van der Waals surface area contributed by atoms with E-state index in [9.17, 15) is 0 Å². The van der Waals surface area contributed by atoms with E-state index in [4.69, 9.17) is 9.97 Å². The number of hydrogen-bond donors (Lipinski definition) is 0. The highest BCUT2D eigenvalue weighted by Crippen LogP contribution is 2.47.